The van der Waals surface area contributed by atoms with E-state index < -0.39 is 17.3 Å². The summed E-state index contributed by atoms with van der Waals surface area (Å²) in [4.78, 5) is 20.1. The van der Waals surface area contributed by atoms with Crippen LogP contribution in [-0.2, 0) is 12.7 Å². The summed E-state index contributed by atoms with van der Waals surface area (Å²) < 4.78 is 40.0. The highest BCUT2D eigenvalue weighted by Gasteiger charge is 2.36. The SMILES string of the molecule is CC1CN(c2ccc(C#N)c(C(F)(F)F)c2)C(C)CN1C(=O)NCc1ccc(Cl)nc1. The van der Waals surface area contributed by atoms with Crippen molar-refractivity contribution in [1.82, 2.24) is 15.2 Å². The molecule has 2 aromatic rings. The van der Waals surface area contributed by atoms with Crippen molar-refractivity contribution in [2.45, 2.75) is 38.7 Å². The molecule has 31 heavy (non-hydrogen) atoms. The zero-order chi connectivity index (χ0) is 22.8. The second-order valence-electron chi connectivity index (χ2n) is 7.49. The Bertz CT molecular complexity index is 990. The molecule has 0 saturated carbocycles. The summed E-state index contributed by atoms with van der Waals surface area (Å²) in [5, 5.41) is 12.2. The van der Waals surface area contributed by atoms with Crippen LogP contribution in [0, 0.1) is 11.3 Å². The lowest BCUT2D eigenvalue weighted by Crippen LogP contribution is -2.60. The lowest BCUT2D eigenvalue weighted by atomic mass is 10.0. The van der Waals surface area contributed by atoms with Crippen LogP contribution in [0.2, 0.25) is 5.15 Å². The summed E-state index contributed by atoms with van der Waals surface area (Å²) in [7, 11) is 0. The second-order valence-corrected chi connectivity index (χ2v) is 7.88. The van der Waals surface area contributed by atoms with E-state index in [1.807, 2.05) is 18.7 Å². The van der Waals surface area contributed by atoms with Crippen molar-refractivity contribution in [3.8, 4) is 6.07 Å². The normalized spacial score (nSPS) is 19.1. The zero-order valence-corrected chi connectivity index (χ0v) is 17.7. The summed E-state index contributed by atoms with van der Waals surface area (Å²) in [6, 6.07) is 8.00. The van der Waals surface area contributed by atoms with Gasteiger partial charge in [0.05, 0.1) is 17.2 Å². The predicted octanol–water partition coefficient (Wildman–Crippen LogP) is 4.43. The Morgan fingerprint density at radius 1 is 1.26 bits per heavy atom. The first-order valence-electron chi connectivity index (χ1n) is 9.63. The number of rotatable bonds is 3. The second kappa shape index (κ2) is 9.02. The molecule has 10 heteroatoms. The third-order valence-corrected chi connectivity index (χ3v) is 5.46. The number of pyridine rings is 1. The van der Waals surface area contributed by atoms with E-state index in [-0.39, 0.29) is 24.7 Å². The molecule has 1 aliphatic rings. The molecule has 1 saturated heterocycles. The maximum atomic E-state index is 13.3. The minimum atomic E-state index is -4.62. The molecule has 1 aromatic carbocycles. The van der Waals surface area contributed by atoms with E-state index in [9.17, 15) is 18.0 Å². The number of aromatic nitrogens is 1. The number of urea groups is 1. The fourth-order valence-electron chi connectivity index (χ4n) is 3.60. The highest BCUT2D eigenvalue weighted by atomic mass is 35.5. The highest BCUT2D eigenvalue weighted by Crippen LogP contribution is 2.35. The molecule has 2 heterocycles. The lowest BCUT2D eigenvalue weighted by molar-refractivity contribution is -0.137. The van der Waals surface area contributed by atoms with Crippen LogP contribution in [0.3, 0.4) is 0 Å². The van der Waals surface area contributed by atoms with Gasteiger partial charge in [0.15, 0.2) is 0 Å². The van der Waals surface area contributed by atoms with E-state index >= 15 is 0 Å². The van der Waals surface area contributed by atoms with Crippen molar-refractivity contribution in [3.63, 3.8) is 0 Å². The molecule has 3 rings (SSSR count). The van der Waals surface area contributed by atoms with Crippen LogP contribution in [0.15, 0.2) is 36.5 Å². The van der Waals surface area contributed by atoms with Crippen molar-refractivity contribution < 1.29 is 18.0 Å². The molecule has 1 N–H and O–H groups in total. The number of hydrogen-bond donors (Lipinski definition) is 1. The fourth-order valence-corrected chi connectivity index (χ4v) is 3.71. The highest BCUT2D eigenvalue weighted by molar-refractivity contribution is 6.29. The van der Waals surface area contributed by atoms with Gasteiger partial charge in [-0.1, -0.05) is 17.7 Å². The average molecular weight is 452 g/mol. The minimum absolute atomic E-state index is 0.215. The molecule has 164 valence electrons. The topological polar surface area (TPSA) is 72.3 Å². The summed E-state index contributed by atoms with van der Waals surface area (Å²) >= 11 is 5.76. The van der Waals surface area contributed by atoms with Gasteiger partial charge in [0.25, 0.3) is 0 Å². The van der Waals surface area contributed by atoms with Gasteiger partial charge in [-0.05, 0) is 43.7 Å². The number of carbonyl (C=O) groups is 1. The van der Waals surface area contributed by atoms with Crippen LogP contribution in [0.4, 0.5) is 23.7 Å². The van der Waals surface area contributed by atoms with E-state index in [4.69, 9.17) is 16.9 Å². The smallest absolute Gasteiger partial charge is 0.365 e. The van der Waals surface area contributed by atoms with Crippen LogP contribution in [-0.4, -0.2) is 41.1 Å². The predicted molar refractivity (Wildman–Crippen MR) is 111 cm³/mol. The number of hydrogen-bond acceptors (Lipinski definition) is 4. The van der Waals surface area contributed by atoms with E-state index in [2.05, 4.69) is 10.3 Å². The molecule has 6 nitrogen and oxygen atoms in total. The van der Waals surface area contributed by atoms with Crippen LogP contribution in [0.1, 0.15) is 30.5 Å². The Hall–Kier alpha value is -2.99. The number of anilines is 1. The molecule has 1 aliphatic heterocycles. The third kappa shape index (κ3) is 5.20. The summed E-state index contributed by atoms with van der Waals surface area (Å²) in [6.45, 7) is 4.68. The maximum Gasteiger partial charge on any atom is 0.417 e. The van der Waals surface area contributed by atoms with Gasteiger partial charge in [0.1, 0.15) is 5.15 Å². The van der Waals surface area contributed by atoms with Gasteiger partial charge < -0.3 is 15.1 Å². The first kappa shape index (κ1) is 22.7. The number of alkyl halides is 3. The van der Waals surface area contributed by atoms with Crippen molar-refractivity contribution in [2.24, 2.45) is 0 Å². The van der Waals surface area contributed by atoms with Gasteiger partial charge in [-0.2, -0.15) is 18.4 Å². The largest absolute Gasteiger partial charge is 0.417 e. The molecule has 0 spiro atoms. The number of nitrogens with one attached hydrogen (secondary N) is 1. The molecule has 0 aliphatic carbocycles. The van der Waals surface area contributed by atoms with E-state index in [1.165, 1.54) is 12.1 Å². The fraction of sp³-hybridized carbons (Fsp3) is 0.381. The Morgan fingerprint density at radius 2 is 2.00 bits per heavy atom. The summed E-state index contributed by atoms with van der Waals surface area (Å²) in [6.07, 6.45) is -3.04. The zero-order valence-electron chi connectivity index (χ0n) is 16.9. The van der Waals surface area contributed by atoms with Crippen LogP contribution in [0.5, 0.6) is 0 Å². The van der Waals surface area contributed by atoms with Crippen molar-refractivity contribution >= 4 is 23.3 Å². The number of piperazine rings is 1. The van der Waals surface area contributed by atoms with Gasteiger partial charge in [-0.15, -0.1) is 0 Å². The van der Waals surface area contributed by atoms with Crippen LogP contribution in [0.25, 0.3) is 0 Å². The molecular weight excluding hydrogens is 431 g/mol. The van der Waals surface area contributed by atoms with E-state index in [0.717, 1.165) is 11.6 Å². The number of nitriles is 1. The minimum Gasteiger partial charge on any atom is -0.365 e. The maximum absolute atomic E-state index is 13.3. The molecule has 2 unspecified atom stereocenters. The molecular formula is C21H21ClF3N5O. The van der Waals surface area contributed by atoms with Gasteiger partial charge >= 0.3 is 12.2 Å². The van der Waals surface area contributed by atoms with Crippen molar-refractivity contribution in [1.29, 1.82) is 5.26 Å². The Labute approximate surface area is 183 Å². The van der Waals surface area contributed by atoms with E-state index in [1.54, 1.807) is 29.3 Å². The molecule has 2 amide bonds. The third-order valence-electron chi connectivity index (χ3n) is 5.24. The number of halogens is 4. The molecule has 0 bridgehead atoms. The quantitative estimate of drug-likeness (QED) is 0.700. The standard InChI is InChI=1S/C21H21ClF3N5O/c1-13-12-30(20(31)28-10-15-3-6-19(22)27-9-15)14(2)11-29(13)17-5-4-16(8-26)18(7-17)21(23,24)25/h3-7,9,13-14H,10-12H2,1-2H3,(H,28,31). The number of benzene rings is 1. The molecule has 2 atom stereocenters. The number of carbonyl (C=O) groups excluding carboxylic acids is 1. The van der Waals surface area contributed by atoms with Crippen molar-refractivity contribution in [3.05, 3.63) is 58.4 Å². The number of nitrogens with zero attached hydrogens (tertiary/aromatic N) is 4. The van der Waals surface area contributed by atoms with Crippen LogP contribution < -0.4 is 10.2 Å². The van der Waals surface area contributed by atoms with Gasteiger partial charge in [-0.25, -0.2) is 9.78 Å². The Kier molecular flexibility index (Phi) is 6.60. The summed E-state index contributed by atoms with van der Waals surface area (Å²) in [5.41, 5.74) is -0.192. The van der Waals surface area contributed by atoms with Gasteiger partial charge in [0.2, 0.25) is 0 Å². The lowest BCUT2D eigenvalue weighted by Gasteiger charge is -2.45. The Balaban J connectivity index is 1.70. The van der Waals surface area contributed by atoms with Crippen molar-refractivity contribution in [2.75, 3.05) is 18.0 Å². The molecule has 0 radical (unpaired) electrons. The first-order valence-corrected chi connectivity index (χ1v) is 10.0. The van der Waals surface area contributed by atoms with Crippen LogP contribution >= 0.6 is 11.6 Å². The monoisotopic (exact) mass is 451 g/mol. The first-order chi connectivity index (χ1) is 14.6. The summed E-state index contributed by atoms with van der Waals surface area (Å²) in [5.74, 6) is 0. The number of amides is 2. The average Bonchev–Trinajstić information content (AvgIpc) is 2.73. The van der Waals surface area contributed by atoms with E-state index in [0.29, 0.717) is 23.9 Å². The molecule has 1 fully saturated rings. The molecule has 1 aromatic heterocycles. The van der Waals surface area contributed by atoms with Gasteiger partial charge in [-0.3, -0.25) is 0 Å². The van der Waals surface area contributed by atoms with Gasteiger partial charge in [0, 0.05) is 43.6 Å². The Morgan fingerprint density at radius 3 is 2.61 bits per heavy atom.